The Morgan fingerprint density at radius 2 is 2.00 bits per heavy atom. The lowest BCUT2D eigenvalue weighted by molar-refractivity contribution is -0.123. The Morgan fingerprint density at radius 1 is 1.14 bits per heavy atom. The van der Waals surface area contributed by atoms with Crippen LogP contribution < -0.4 is 10.1 Å². The third kappa shape index (κ3) is 3.93. The van der Waals surface area contributed by atoms with E-state index in [2.05, 4.69) is 16.4 Å². The highest BCUT2D eigenvalue weighted by molar-refractivity contribution is 5.77. The van der Waals surface area contributed by atoms with Crippen LogP contribution in [0.25, 0.3) is 5.69 Å². The molecule has 4 rings (SSSR count). The third-order valence-corrected chi connectivity index (χ3v) is 5.26. The Morgan fingerprint density at radius 3 is 2.86 bits per heavy atom. The minimum atomic E-state index is -0.120. The number of aromatic nitrogens is 2. The largest absolute Gasteiger partial charge is 0.483 e. The van der Waals surface area contributed by atoms with E-state index in [0.717, 1.165) is 35.7 Å². The molecule has 0 radical (unpaired) electrons. The number of nitrogens with one attached hydrogen (secondary N) is 1. The lowest BCUT2D eigenvalue weighted by atomic mass is 9.91. The van der Waals surface area contributed by atoms with Crippen molar-refractivity contribution in [3.05, 3.63) is 77.4 Å². The number of imidazole rings is 1. The molecule has 1 aliphatic carbocycles. The predicted octanol–water partition coefficient (Wildman–Crippen LogP) is 3.75. The lowest BCUT2D eigenvalue weighted by Gasteiger charge is -2.19. The summed E-state index contributed by atoms with van der Waals surface area (Å²) in [5.74, 6) is 1.64. The Hall–Kier alpha value is -3.08. The van der Waals surface area contributed by atoms with Crippen molar-refractivity contribution < 1.29 is 9.53 Å². The summed E-state index contributed by atoms with van der Waals surface area (Å²) in [7, 11) is 0. The van der Waals surface area contributed by atoms with Gasteiger partial charge in [-0.2, -0.15) is 0 Å². The fourth-order valence-electron chi connectivity index (χ4n) is 3.80. The van der Waals surface area contributed by atoms with Gasteiger partial charge in [0.2, 0.25) is 0 Å². The number of ether oxygens (including phenoxy) is 1. The van der Waals surface area contributed by atoms with Gasteiger partial charge in [-0.1, -0.05) is 30.3 Å². The Balaban J connectivity index is 1.38. The van der Waals surface area contributed by atoms with Gasteiger partial charge in [0.05, 0.1) is 5.69 Å². The van der Waals surface area contributed by atoms with Crippen LogP contribution in [-0.2, 0) is 24.2 Å². The van der Waals surface area contributed by atoms with Crippen LogP contribution in [0.3, 0.4) is 0 Å². The van der Waals surface area contributed by atoms with Crippen LogP contribution in [0.15, 0.2) is 54.9 Å². The summed E-state index contributed by atoms with van der Waals surface area (Å²) in [6.07, 6.45) is 8.25. The molecule has 0 fully saturated rings. The third-order valence-electron chi connectivity index (χ3n) is 5.26. The smallest absolute Gasteiger partial charge is 0.258 e. The first-order valence-corrected chi connectivity index (χ1v) is 9.81. The molecule has 0 spiro atoms. The predicted molar refractivity (Wildman–Crippen MR) is 109 cm³/mol. The van der Waals surface area contributed by atoms with Crippen molar-refractivity contribution in [3.8, 4) is 11.4 Å². The second-order valence-electron chi connectivity index (χ2n) is 7.14. The van der Waals surface area contributed by atoms with Gasteiger partial charge in [-0.05, 0) is 61.4 Å². The molecule has 144 valence electrons. The number of fused-ring (bicyclic) bond motifs is 1. The number of para-hydroxylation sites is 1. The van der Waals surface area contributed by atoms with Crippen molar-refractivity contribution in [2.45, 2.75) is 39.2 Å². The molecule has 1 heterocycles. The van der Waals surface area contributed by atoms with Gasteiger partial charge in [0, 0.05) is 18.9 Å². The zero-order valence-corrected chi connectivity index (χ0v) is 16.1. The second-order valence-corrected chi connectivity index (χ2v) is 7.14. The van der Waals surface area contributed by atoms with Crippen molar-refractivity contribution in [1.82, 2.24) is 14.9 Å². The van der Waals surface area contributed by atoms with E-state index in [9.17, 15) is 4.79 Å². The maximum absolute atomic E-state index is 12.4. The van der Waals surface area contributed by atoms with Crippen molar-refractivity contribution in [3.63, 3.8) is 0 Å². The molecular weight excluding hydrogens is 350 g/mol. The summed E-state index contributed by atoms with van der Waals surface area (Å²) in [4.78, 5) is 16.7. The van der Waals surface area contributed by atoms with E-state index in [1.807, 2.05) is 54.1 Å². The molecule has 2 aromatic carbocycles. The first kappa shape index (κ1) is 18.3. The molecule has 0 aliphatic heterocycles. The van der Waals surface area contributed by atoms with Gasteiger partial charge < -0.3 is 14.6 Å². The highest BCUT2D eigenvalue weighted by Crippen LogP contribution is 2.29. The summed E-state index contributed by atoms with van der Waals surface area (Å²) in [6, 6.07) is 14.2. The maximum atomic E-state index is 12.4. The number of rotatable bonds is 6. The highest BCUT2D eigenvalue weighted by atomic mass is 16.5. The molecule has 0 unspecified atom stereocenters. The molecule has 0 saturated heterocycles. The number of benzene rings is 2. The quantitative estimate of drug-likeness (QED) is 0.714. The van der Waals surface area contributed by atoms with Crippen LogP contribution >= 0.6 is 0 Å². The molecule has 5 nitrogen and oxygen atoms in total. The van der Waals surface area contributed by atoms with Crippen LogP contribution in [-0.4, -0.2) is 22.1 Å². The lowest BCUT2D eigenvalue weighted by Crippen LogP contribution is -2.29. The number of carbonyl (C=O) groups is 1. The van der Waals surface area contributed by atoms with E-state index >= 15 is 0 Å². The van der Waals surface area contributed by atoms with Crippen molar-refractivity contribution in [1.29, 1.82) is 0 Å². The van der Waals surface area contributed by atoms with Crippen LogP contribution in [0, 0.1) is 6.92 Å². The van der Waals surface area contributed by atoms with Crippen LogP contribution in [0.1, 0.15) is 35.4 Å². The minimum Gasteiger partial charge on any atom is -0.483 e. The molecule has 1 aliphatic rings. The van der Waals surface area contributed by atoms with Crippen LogP contribution in [0.4, 0.5) is 0 Å². The maximum Gasteiger partial charge on any atom is 0.258 e. The van der Waals surface area contributed by atoms with Gasteiger partial charge in [0.1, 0.15) is 11.6 Å². The summed E-state index contributed by atoms with van der Waals surface area (Å²) >= 11 is 0. The monoisotopic (exact) mass is 375 g/mol. The Labute approximate surface area is 165 Å². The van der Waals surface area contributed by atoms with Gasteiger partial charge in [0.15, 0.2) is 6.61 Å². The molecule has 1 N–H and O–H groups in total. The van der Waals surface area contributed by atoms with E-state index < -0.39 is 0 Å². The minimum absolute atomic E-state index is 0.0305. The van der Waals surface area contributed by atoms with E-state index in [4.69, 9.17) is 4.74 Å². The number of hydrogen-bond donors (Lipinski definition) is 1. The number of aryl methyl sites for hydroxylation is 2. The molecule has 0 saturated carbocycles. The SMILES string of the molecule is Cc1nccn1-c1ccccc1CNC(=O)COc1cccc2c1CCCC2. The summed E-state index contributed by atoms with van der Waals surface area (Å²) in [6.45, 7) is 2.44. The summed E-state index contributed by atoms with van der Waals surface area (Å²) < 4.78 is 7.87. The first-order valence-electron chi connectivity index (χ1n) is 9.81. The van der Waals surface area contributed by atoms with Gasteiger partial charge in [-0.25, -0.2) is 4.98 Å². The molecule has 1 aromatic heterocycles. The molecule has 5 heteroatoms. The summed E-state index contributed by atoms with van der Waals surface area (Å²) in [5.41, 5.74) is 4.68. The number of amides is 1. The van der Waals surface area contributed by atoms with Gasteiger partial charge in [-0.15, -0.1) is 0 Å². The van der Waals surface area contributed by atoms with Crippen molar-refractivity contribution in [2.24, 2.45) is 0 Å². The summed E-state index contributed by atoms with van der Waals surface area (Å²) in [5, 5.41) is 2.97. The van der Waals surface area contributed by atoms with Crippen LogP contribution in [0.5, 0.6) is 5.75 Å². The number of hydrogen-bond acceptors (Lipinski definition) is 3. The van der Waals surface area contributed by atoms with Crippen molar-refractivity contribution >= 4 is 5.91 Å². The Kier molecular flexibility index (Phi) is 5.42. The number of carbonyl (C=O) groups excluding carboxylic acids is 1. The molecule has 3 aromatic rings. The fourth-order valence-corrected chi connectivity index (χ4v) is 3.80. The molecule has 0 bridgehead atoms. The van der Waals surface area contributed by atoms with Crippen LogP contribution in [0.2, 0.25) is 0 Å². The van der Waals surface area contributed by atoms with Gasteiger partial charge in [-0.3, -0.25) is 4.79 Å². The zero-order valence-electron chi connectivity index (χ0n) is 16.1. The molecular formula is C23H25N3O2. The average Bonchev–Trinajstić information content (AvgIpc) is 3.16. The second kappa shape index (κ2) is 8.30. The van der Waals surface area contributed by atoms with E-state index in [1.165, 1.54) is 24.0 Å². The highest BCUT2D eigenvalue weighted by Gasteiger charge is 2.15. The Bertz CT molecular complexity index is 977. The average molecular weight is 375 g/mol. The molecule has 0 atom stereocenters. The topological polar surface area (TPSA) is 56.2 Å². The standard InChI is InChI=1S/C23H25N3O2/c1-17-24-13-14-26(17)21-11-5-3-8-19(21)15-25-23(27)16-28-22-12-6-9-18-7-2-4-10-20(18)22/h3,5-6,8-9,11-14H,2,4,7,10,15-16H2,1H3,(H,25,27). The van der Waals surface area contributed by atoms with Gasteiger partial charge in [0.25, 0.3) is 5.91 Å². The van der Waals surface area contributed by atoms with Crippen molar-refractivity contribution in [2.75, 3.05) is 6.61 Å². The normalized spacial score (nSPS) is 13.0. The van der Waals surface area contributed by atoms with E-state index in [0.29, 0.717) is 6.54 Å². The van der Waals surface area contributed by atoms with E-state index in [-0.39, 0.29) is 12.5 Å². The first-order chi connectivity index (χ1) is 13.7. The zero-order chi connectivity index (χ0) is 19.3. The van der Waals surface area contributed by atoms with E-state index in [1.54, 1.807) is 6.20 Å². The number of nitrogens with zero attached hydrogens (tertiary/aromatic N) is 2. The van der Waals surface area contributed by atoms with Gasteiger partial charge >= 0.3 is 0 Å². The molecule has 1 amide bonds. The molecule has 28 heavy (non-hydrogen) atoms. The fraction of sp³-hybridized carbons (Fsp3) is 0.304.